The Morgan fingerprint density at radius 3 is 2.59 bits per heavy atom. The van der Waals surface area contributed by atoms with Gasteiger partial charge in [0.2, 0.25) is 5.91 Å². The summed E-state index contributed by atoms with van der Waals surface area (Å²) in [5.74, 6) is -0.149. The van der Waals surface area contributed by atoms with Crippen LogP contribution in [0.4, 0.5) is 5.69 Å². The zero-order valence-corrected chi connectivity index (χ0v) is 13.3. The topological polar surface area (TPSA) is 42.0 Å². The van der Waals surface area contributed by atoms with E-state index < -0.39 is 0 Å². The molecule has 1 N–H and O–H groups in total. The highest BCUT2D eigenvalue weighted by Crippen LogP contribution is 2.22. The molecule has 1 heterocycles. The summed E-state index contributed by atoms with van der Waals surface area (Å²) in [7, 11) is 0. The van der Waals surface area contributed by atoms with E-state index in [2.05, 4.69) is 16.4 Å². The lowest BCUT2D eigenvalue weighted by Gasteiger charge is -2.05. The third-order valence-corrected chi connectivity index (χ3v) is 4.18. The fourth-order valence-electron chi connectivity index (χ4n) is 2.34. The predicted octanol–water partition coefficient (Wildman–Crippen LogP) is 4.57. The van der Waals surface area contributed by atoms with E-state index in [4.69, 9.17) is 0 Å². The number of para-hydroxylation sites is 1. The molecule has 1 aromatic heterocycles. The third-order valence-electron chi connectivity index (χ3n) is 3.18. The first-order valence-corrected chi connectivity index (χ1v) is 7.85. The summed E-state index contributed by atoms with van der Waals surface area (Å²) in [6.45, 7) is 4.03. The molecule has 22 heavy (non-hydrogen) atoms. The summed E-state index contributed by atoms with van der Waals surface area (Å²) in [5, 5.41) is 3.71. The first-order valence-electron chi connectivity index (χ1n) is 7.03. The molecule has 0 aliphatic carbocycles. The zero-order valence-electron chi connectivity index (χ0n) is 12.5. The Morgan fingerprint density at radius 1 is 1.14 bits per heavy atom. The zero-order chi connectivity index (χ0) is 15.5. The molecule has 0 saturated carbocycles. The quantitative estimate of drug-likeness (QED) is 0.720. The molecule has 0 spiro atoms. The summed E-state index contributed by atoms with van der Waals surface area (Å²) < 4.78 is 1.12. The lowest BCUT2D eigenvalue weighted by atomic mass is 10.1. The second kappa shape index (κ2) is 6.12. The predicted molar refractivity (Wildman–Crippen MR) is 93.2 cm³/mol. The van der Waals surface area contributed by atoms with Crippen LogP contribution < -0.4 is 5.32 Å². The van der Waals surface area contributed by atoms with Crippen molar-refractivity contribution in [2.24, 2.45) is 0 Å². The number of aryl methyl sites for hydroxylation is 2. The van der Waals surface area contributed by atoms with Gasteiger partial charge in [-0.3, -0.25) is 4.79 Å². The minimum atomic E-state index is -0.149. The summed E-state index contributed by atoms with van der Waals surface area (Å²) in [4.78, 5) is 16.5. The van der Waals surface area contributed by atoms with E-state index in [1.165, 1.54) is 6.08 Å². The van der Waals surface area contributed by atoms with Gasteiger partial charge in [-0.15, -0.1) is 11.3 Å². The molecule has 3 aromatic rings. The van der Waals surface area contributed by atoms with Crippen LogP contribution in [0.5, 0.6) is 0 Å². The number of nitrogens with one attached hydrogen (secondary N) is 1. The van der Waals surface area contributed by atoms with Crippen molar-refractivity contribution in [3.63, 3.8) is 0 Å². The van der Waals surface area contributed by atoms with Gasteiger partial charge in [-0.25, -0.2) is 4.98 Å². The standard InChI is InChI=1S/C18H16N2OS/c1-12-9-13(2)11-14(10-12)19-17(21)7-8-18-20-15-5-3-4-6-16(15)22-18/h3-11H,1-2H3,(H,19,21)/b8-7+. The maximum atomic E-state index is 12.0. The van der Waals surface area contributed by atoms with Crippen LogP contribution in [-0.4, -0.2) is 10.9 Å². The normalized spacial score (nSPS) is 11.2. The second-order valence-electron chi connectivity index (χ2n) is 5.22. The van der Waals surface area contributed by atoms with Crippen molar-refractivity contribution in [2.45, 2.75) is 13.8 Å². The van der Waals surface area contributed by atoms with Crippen molar-refractivity contribution >= 4 is 39.2 Å². The van der Waals surface area contributed by atoms with Crippen molar-refractivity contribution in [3.05, 3.63) is 64.7 Å². The highest BCUT2D eigenvalue weighted by Gasteiger charge is 2.02. The number of anilines is 1. The largest absolute Gasteiger partial charge is 0.322 e. The van der Waals surface area contributed by atoms with E-state index in [1.807, 2.05) is 50.2 Å². The molecule has 0 atom stereocenters. The first-order chi connectivity index (χ1) is 10.6. The molecule has 4 heteroatoms. The molecule has 110 valence electrons. The van der Waals surface area contributed by atoms with Gasteiger partial charge in [-0.1, -0.05) is 18.2 Å². The van der Waals surface area contributed by atoms with E-state index in [0.717, 1.165) is 32.0 Å². The maximum absolute atomic E-state index is 12.0. The van der Waals surface area contributed by atoms with Crippen LogP contribution in [0.1, 0.15) is 16.1 Å². The van der Waals surface area contributed by atoms with Gasteiger partial charge in [-0.05, 0) is 55.3 Å². The molecule has 0 unspecified atom stereocenters. The van der Waals surface area contributed by atoms with Crippen molar-refractivity contribution in [1.29, 1.82) is 0 Å². The van der Waals surface area contributed by atoms with Crippen LogP contribution >= 0.6 is 11.3 Å². The van der Waals surface area contributed by atoms with Crippen LogP contribution in [0.2, 0.25) is 0 Å². The van der Waals surface area contributed by atoms with Gasteiger partial charge >= 0.3 is 0 Å². The Balaban J connectivity index is 1.73. The number of benzene rings is 2. The van der Waals surface area contributed by atoms with Gasteiger partial charge in [0.15, 0.2) is 0 Å². The minimum Gasteiger partial charge on any atom is -0.322 e. The highest BCUT2D eigenvalue weighted by molar-refractivity contribution is 7.19. The van der Waals surface area contributed by atoms with Crippen molar-refractivity contribution in [3.8, 4) is 0 Å². The van der Waals surface area contributed by atoms with Crippen LogP contribution in [0.15, 0.2) is 48.5 Å². The number of hydrogen-bond donors (Lipinski definition) is 1. The summed E-state index contributed by atoms with van der Waals surface area (Å²) >= 11 is 1.57. The molecule has 3 rings (SSSR count). The van der Waals surface area contributed by atoms with Gasteiger partial charge in [-0.2, -0.15) is 0 Å². The Hall–Kier alpha value is -2.46. The minimum absolute atomic E-state index is 0.149. The molecular weight excluding hydrogens is 292 g/mol. The molecule has 0 radical (unpaired) electrons. The Morgan fingerprint density at radius 2 is 1.86 bits per heavy atom. The average molecular weight is 308 g/mol. The number of nitrogens with zero attached hydrogens (tertiary/aromatic N) is 1. The van der Waals surface area contributed by atoms with Crippen molar-refractivity contribution in [1.82, 2.24) is 4.98 Å². The van der Waals surface area contributed by atoms with E-state index in [-0.39, 0.29) is 5.91 Å². The summed E-state index contributed by atoms with van der Waals surface area (Å²) in [5.41, 5.74) is 4.04. The van der Waals surface area contributed by atoms with Gasteiger partial charge < -0.3 is 5.32 Å². The van der Waals surface area contributed by atoms with Crippen molar-refractivity contribution < 1.29 is 4.79 Å². The van der Waals surface area contributed by atoms with E-state index in [1.54, 1.807) is 17.4 Å². The molecule has 2 aromatic carbocycles. The lowest BCUT2D eigenvalue weighted by Crippen LogP contribution is -2.07. The summed E-state index contributed by atoms with van der Waals surface area (Å²) in [6.07, 6.45) is 3.28. The number of carbonyl (C=O) groups excluding carboxylic acids is 1. The van der Waals surface area contributed by atoms with Crippen LogP contribution in [0, 0.1) is 13.8 Å². The fourth-order valence-corrected chi connectivity index (χ4v) is 3.21. The summed E-state index contributed by atoms with van der Waals surface area (Å²) in [6, 6.07) is 13.9. The number of hydrogen-bond acceptors (Lipinski definition) is 3. The van der Waals surface area contributed by atoms with E-state index in [0.29, 0.717) is 0 Å². The SMILES string of the molecule is Cc1cc(C)cc(NC(=O)/C=C/c2nc3ccccc3s2)c1. The molecule has 1 amide bonds. The van der Waals surface area contributed by atoms with Gasteiger partial charge in [0.25, 0.3) is 0 Å². The maximum Gasteiger partial charge on any atom is 0.248 e. The Labute approximate surface area is 133 Å². The lowest BCUT2D eigenvalue weighted by molar-refractivity contribution is -0.111. The fraction of sp³-hybridized carbons (Fsp3) is 0.111. The number of rotatable bonds is 3. The molecule has 0 aliphatic heterocycles. The molecule has 0 bridgehead atoms. The number of aromatic nitrogens is 1. The molecule has 3 nitrogen and oxygen atoms in total. The van der Waals surface area contributed by atoms with Crippen LogP contribution in [0.3, 0.4) is 0 Å². The highest BCUT2D eigenvalue weighted by atomic mass is 32.1. The van der Waals surface area contributed by atoms with Gasteiger partial charge in [0.1, 0.15) is 5.01 Å². The van der Waals surface area contributed by atoms with E-state index in [9.17, 15) is 4.79 Å². The third kappa shape index (κ3) is 3.40. The average Bonchev–Trinajstić information content (AvgIpc) is 2.87. The molecule has 0 saturated heterocycles. The van der Waals surface area contributed by atoms with Gasteiger partial charge in [0, 0.05) is 11.8 Å². The van der Waals surface area contributed by atoms with E-state index >= 15 is 0 Å². The monoisotopic (exact) mass is 308 g/mol. The number of carbonyl (C=O) groups is 1. The first kappa shape index (κ1) is 14.5. The molecular formula is C18H16N2OS. The Bertz CT molecular complexity index is 811. The smallest absolute Gasteiger partial charge is 0.248 e. The number of thiazole rings is 1. The number of amides is 1. The van der Waals surface area contributed by atoms with Gasteiger partial charge in [0.05, 0.1) is 10.2 Å². The molecule has 0 fully saturated rings. The van der Waals surface area contributed by atoms with Crippen molar-refractivity contribution in [2.75, 3.05) is 5.32 Å². The Kier molecular flexibility index (Phi) is 4.02. The molecule has 0 aliphatic rings. The van der Waals surface area contributed by atoms with Crippen LogP contribution in [-0.2, 0) is 4.79 Å². The van der Waals surface area contributed by atoms with Crippen LogP contribution in [0.25, 0.3) is 16.3 Å². The number of fused-ring (bicyclic) bond motifs is 1. The second-order valence-corrected chi connectivity index (χ2v) is 6.28.